The van der Waals surface area contributed by atoms with Crippen LogP contribution in [0.3, 0.4) is 0 Å². The highest BCUT2D eigenvalue weighted by molar-refractivity contribution is 6.67. The second-order valence-corrected chi connectivity index (χ2v) is 9.87. The van der Waals surface area contributed by atoms with Crippen molar-refractivity contribution in [2.75, 3.05) is 0 Å². The SMILES string of the molecule is c1ccc(-c2ccc([SiH2]c3ccc(-c4ccc(-c5ccccc5)cc4)cc3)cc2)cc1. The van der Waals surface area contributed by atoms with Crippen LogP contribution in [0.15, 0.2) is 133 Å². The second kappa shape index (κ2) is 8.99. The molecule has 0 atom stereocenters. The maximum absolute atomic E-state index is 2.30. The minimum absolute atomic E-state index is 0.467. The van der Waals surface area contributed by atoms with E-state index < -0.39 is 9.52 Å². The van der Waals surface area contributed by atoms with E-state index in [1.54, 1.807) is 0 Å². The quantitative estimate of drug-likeness (QED) is 0.320. The molecule has 148 valence electrons. The summed E-state index contributed by atoms with van der Waals surface area (Å²) in [6.07, 6.45) is 0. The monoisotopic (exact) mass is 412 g/mol. The third-order valence-corrected chi connectivity index (χ3v) is 7.51. The third kappa shape index (κ3) is 4.58. The number of hydrogen-bond donors (Lipinski definition) is 0. The number of hydrogen-bond acceptors (Lipinski definition) is 0. The van der Waals surface area contributed by atoms with Gasteiger partial charge in [0.25, 0.3) is 0 Å². The van der Waals surface area contributed by atoms with Crippen LogP contribution in [0.5, 0.6) is 0 Å². The lowest BCUT2D eigenvalue weighted by Crippen LogP contribution is -2.26. The van der Waals surface area contributed by atoms with Crippen LogP contribution < -0.4 is 10.4 Å². The minimum atomic E-state index is -0.467. The summed E-state index contributed by atoms with van der Waals surface area (Å²) < 4.78 is 0. The topological polar surface area (TPSA) is 0 Å². The van der Waals surface area contributed by atoms with Crippen LogP contribution in [0.2, 0.25) is 0 Å². The van der Waals surface area contributed by atoms with Crippen molar-refractivity contribution in [3.8, 4) is 33.4 Å². The van der Waals surface area contributed by atoms with E-state index >= 15 is 0 Å². The van der Waals surface area contributed by atoms with Crippen molar-refractivity contribution in [2.24, 2.45) is 0 Å². The highest BCUT2D eigenvalue weighted by Gasteiger charge is 2.03. The Labute approximate surface area is 186 Å². The van der Waals surface area contributed by atoms with Crippen molar-refractivity contribution >= 4 is 19.9 Å². The molecule has 0 saturated carbocycles. The lowest BCUT2D eigenvalue weighted by molar-refractivity contribution is 1.60. The Morgan fingerprint density at radius 2 is 0.516 bits per heavy atom. The standard InChI is InChI=1S/C30H24Si/c1-3-7-23(8-4-1)25-11-13-26(14-12-25)28-17-21-30(22-18-28)31-29-19-15-27(16-20-29)24-9-5-2-6-10-24/h1-22H,31H2. The van der Waals surface area contributed by atoms with Crippen molar-refractivity contribution in [1.29, 1.82) is 0 Å². The van der Waals surface area contributed by atoms with Crippen molar-refractivity contribution in [2.45, 2.75) is 0 Å². The fraction of sp³-hybridized carbons (Fsp3) is 0. The molecule has 5 aromatic carbocycles. The molecule has 0 radical (unpaired) electrons. The van der Waals surface area contributed by atoms with Gasteiger partial charge in [0.1, 0.15) is 0 Å². The van der Waals surface area contributed by atoms with Crippen LogP contribution in [-0.2, 0) is 0 Å². The van der Waals surface area contributed by atoms with Gasteiger partial charge < -0.3 is 0 Å². The van der Waals surface area contributed by atoms with E-state index in [0.717, 1.165) is 0 Å². The predicted molar refractivity (Wildman–Crippen MR) is 137 cm³/mol. The normalized spacial score (nSPS) is 11.1. The first-order chi connectivity index (χ1) is 15.3. The number of benzene rings is 5. The lowest BCUT2D eigenvalue weighted by atomic mass is 10.0. The van der Waals surface area contributed by atoms with Crippen LogP contribution in [-0.4, -0.2) is 9.52 Å². The molecule has 0 nitrogen and oxygen atoms in total. The molecule has 0 aromatic heterocycles. The van der Waals surface area contributed by atoms with Crippen molar-refractivity contribution in [1.82, 2.24) is 0 Å². The summed E-state index contributed by atoms with van der Waals surface area (Å²) in [7, 11) is -0.467. The van der Waals surface area contributed by atoms with Gasteiger partial charge in [-0.05, 0) is 33.4 Å². The average Bonchev–Trinajstić information content (AvgIpc) is 2.86. The smallest absolute Gasteiger partial charge is 0.0627 e. The van der Waals surface area contributed by atoms with Crippen LogP contribution in [0.25, 0.3) is 33.4 Å². The molecule has 0 unspecified atom stereocenters. The van der Waals surface area contributed by atoms with Crippen molar-refractivity contribution in [3.63, 3.8) is 0 Å². The van der Waals surface area contributed by atoms with Crippen LogP contribution in [0, 0.1) is 0 Å². The Hall–Kier alpha value is -3.68. The van der Waals surface area contributed by atoms with Crippen molar-refractivity contribution in [3.05, 3.63) is 133 Å². The minimum Gasteiger partial charge on any atom is -0.0627 e. The summed E-state index contributed by atoms with van der Waals surface area (Å²) in [4.78, 5) is 0. The van der Waals surface area contributed by atoms with E-state index in [2.05, 4.69) is 133 Å². The van der Waals surface area contributed by atoms with Gasteiger partial charge in [0, 0.05) is 0 Å². The molecular weight excluding hydrogens is 388 g/mol. The Bertz CT molecular complexity index is 1240. The highest BCUT2D eigenvalue weighted by atomic mass is 28.2. The summed E-state index contributed by atoms with van der Waals surface area (Å²) in [5.41, 5.74) is 7.61. The first kappa shape index (κ1) is 19.3. The summed E-state index contributed by atoms with van der Waals surface area (Å²) in [6.45, 7) is 0. The lowest BCUT2D eigenvalue weighted by Gasteiger charge is -2.07. The molecule has 0 aliphatic heterocycles. The largest absolute Gasteiger partial charge is 0.0875 e. The molecule has 31 heavy (non-hydrogen) atoms. The zero-order valence-electron chi connectivity index (χ0n) is 17.4. The zero-order valence-corrected chi connectivity index (χ0v) is 18.8. The molecule has 0 fully saturated rings. The zero-order chi connectivity index (χ0) is 20.9. The van der Waals surface area contributed by atoms with Crippen LogP contribution in [0.1, 0.15) is 0 Å². The fourth-order valence-corrected chi connectivity index (χ4v) is 5.40. The van der Waals surface area contributed by atoms with Crippen molar-refractivity contribution < 1.29 is 0 Å². The molecule has 0 N–H and O–H groups in total. The van der Waals surface area contributed by atoms with E-state index in [0.29, 0.717) is 0 Å². The first-order valence-corrected chi connectivity index (χ1v) is 12.2. The fourth-order valence-electron chi connectivity index (χ4n) is 3.98. The molecule has 0 aliphatic rings. The summed E-state index contributed by atoms with van der Waals surface area (Å²) >= 11 is 0. The molecule has 0 amide bonds. The highest BCUT2D eigenvalue weighted by Crippen LogP contribution is 2.24. The Balaban J connectivity index is 1.28. The van der Waals surface area contributed by atoms with E-state index in [9.17, 15) is 0 Å². The Morgan fingerprint density at radius 3 is 0.839 bits per heavy atom. The van der Waals surface area contributed by atoms with Gasteiger partial charge in [0.15, 0.2) is 0 Å². The molecule has 0 bridgehead atoms. The van der Waals surface area contributed by atoms with Gasteiger partial charge in [-0.3, -0.25) is 0 Å². The van der Waals surface area contributed by atoms with Gasteiger partial charge in [-0.1, -0.05) is 144 Å². The molecular formula is C30H24Si. The van der Waals surface area contributed by atoms with Gasteiger partial charge >= 0.3 is 0 Å². The second-order valence-electron chi connectivity index (χ2n) is 7.88. The predicted octanol–water partition coefficient (Wildman–Crippen LogP) is 5.81. The van der Waals surface area contributed by atoms with E-state index in [4.69, 9.17) is 0 Å². The average molecular weight is 413 g/mol. The van der Waals surface area contributed by atoms with Gasteiger partial charge in [-0.2, -0.15) is 0 Å². The van der Waals surface area contributed by atoms with E-state index in [-0.39, 0.29) is 0 Å². The van der Waals surface area contributed by atoms with Gasteiger partial charge in [-0.15, -0.1) is 0 Å². The van der Waals surface area contributed by atoms with Gasteiger partial charge in [0.2, 0.25) is 0 Å². The molecule has 0 heterocycles. The van der Waals surface area contributed by atoms with Crippen LogP contribution >= 0.6 is 0 Å². The Kier molecular flexibility index (Phi) is 5.59. The molecule has 0 spiro atoms. The molecule has 1 heteroatoms. The summed E-state index contributed by atoms with van der Waals surface area (Å²) in [6, 6.07) is 48.2. The van der Waals surface area contributed by atoms with Gasteiger partial charge in [0.05, 0.1) is 9.52 Å². The molecule has 5 aromatic rings. The first-order valence-electron chi connectivity index (χ1n) is 10.7. The van der Waals surface area contributed by atoms with E-state index in [1.807, 2.05) is 0 Å². The van der Waals surface area contributed by atoms with Gasteiger partial charge in [-0.25, -0.2) is 0 Å². The third-order valence-electron chi connectivity index (χ3n) is 5.75. The Morgan fingerprint density at radius 1 is 0.258 bits per heavy atom. The van der Waals surface area contributed by atoms with Crippen LogP contribution in [0.4, 0.5) is 0 Å². The summed E-state index contributed by atoms with van der Waals surface area (Å²) in [5.74, 6) is 0. The number of rotatable bonds is 5. The molecule has 5 rings (SSSR count). The van der Waals surface area contributed by atoms with E-state index in [1.165, 1.54) is 43.8 Å². The molecule has 0 saturated heterocycles. The maximum Gasteiger partial charge on any atom is 0.0875 e. The molecule has 0 aliphatic carbocycles. The summed E-state index contributed by atoms with van der Waals surface area (Å²) in [5, 5.41) is 2.94. The maximum atomic E-state index is 2.30.